The largest absolute Gasteiger partial charge is 0.456 e. The van der Waals surface area contributed by atoms with Gasteiger partial charge in [0.05, 0.1) is 0 Å². The monoisotopic (exact) mass is 222 g/mol. The van der Waals surface area contributed by atoms with Gasteiger partial charge in [-0.1, -0.05) is 0 Å². The summed E-state index contributed by atoms with van der Waals surface area (Å²) < 4.78 is 5.30. The smallest absolute Gasteiger partial charge is 0.287 e. The Kier molecular flexibility index (Phi) is 3.01. The van der Waals surface area contributed by atoms with Gasteiger partial charge in [0.25, 0.3) is 5.91 Å². The Hall–Kier alpha value is -1.29. The van der Waals surface area contributed by atoms with E-state index in [9.17, 15) is 4.79 Å². The van der Waals surface area contributed by atoms with Crippen LogP contribution in [0.15, 0.2) is 16.5 Å². The Morgan fingerprint density at radius 2 is 2.12 bits per heavy atom. The standard InChI is InChI=1S/C12H18N2O2/c1-9-3-4-10(16-9)11(15)14-12(2)5-7-13-8-6-12/h3-4,13H,5-8H2,1-2H3,(H,14,15). The molecule has 0 unspecified atom stereocenters. The van der Waals surface area contributed by atoms with E-state index in [1.165, 1.54) is 0 Å². The zero-order chi connectivity index (χ0) is 11.6. The van der Waals surface area contributed by atoms with E-state index in [4.69, 9.17) is 4.42 Å². The average Bonchev–Trinajstić information content (AvgIpc) is 2.65. The topological polar surface area (TPSA) is 54.3 Å². The predicted octanol–water partition coefficient (Wildman–Crippen LogP) is 1.46. The molecule has 1 fully saturated rings. The molecule has 0 radical (unpaired) electrons. The van der Waals surface area contributed by atoms with Crippen LogP contribution in [0.4, 0.5) is 0 Å². The van der Waals surface area contributed by atoms with Gasteiger partial charge >= 0.3 is 0 Å². The van der Waals surface area contributed by atoms with Gasteiger partial charge in [-0.25, -0.2) is 0 Å². The average molecular weight is 222 g/mol. The van der Waals surface area contributed by atoms with Gasteiger partial charge in [-0.2, -0.15) is 0 Å². The molecular weight excluding hydrogens is 204 g/mol. The number of furan rings is 1. The Labute approximate surface area is 95.4 Å². The van der Waals surface area contributed by atoms with E-state index in [1.54, 1.807) is 12.1 Å². The highest BCUT2D eigenvalue weighted by Crippen LogP contribution is 2.18. The first-order chi connectivity index (χ1) is 7.59. The molecular formula is C12H18N2O2. The van der Waals surface area contributed by atoms with Crippen molar-refractivity contribution in [3.05, 3.63) is 23.7 Å². The van der Waals surface area contributed by atoms with Crippen LogP contribution in [0.1, 0.15) is 36.1 Å². The molecule has 88 valence electrons. The highest BCUT2D eigenvalue weighted by Gasteiger charge is 2.29. The lowest BCUT2D eigenvalue weighted by molar-refractivity contribution is 0.0857. The molecule has 0 aliphatic carbocycles. The minimum absolute atomic E-state index is 0.108. The van der Waals surface area contributed by atoms with Crippen LogP contribution in [-0.2, 0) is 0 Å². The number of rotatable bonds is 2. The summed E-state index contributed by atoms with van der Waals surface area (Å²) in [5.41, 5.74) is -0.108. The van der Waals surface area contributed by atoms with E-state index >= 15 is 0 Å². The van der Waals surface area contributed by atoms with E-state index in [1.807, 2.05) is 6.92 Å². The van der Waals surface area contributed by atoms with Crippen molar-refractivity contribution >= 4 is 5.91 Å². The molecule has 16 heavy (non-hydrogen) atoms. The molecule has 0 spiro atoms. The van der Waals surface area contributed by atoms with Gasteiger partial charge in [0.1, 0.15) is 5.76 Å². The van der Waals surface area contributed by atoms with Crippen LogP contribution < -0.4 is 10.6 Å². The normalized spacial score (nSPS) is 19.4. The summed E-state index contributed by atoms with van der Waals surface area (Å²) in [5.74, 6) is 1.05. The molecule has 4 nitrogen and oxygen atoms in total. The van der Waals surface area contributed by atoms with Gasteiger partial charge in [0.2, 0.25) is 0 Å². The maximum absolute atomic E-state index is 11.9. The molecule has 1 aliphatic heterocycles. The molecule has 0 saturated carbocycles. The molecule has 2 rings (SSSR count). The molecule has 2 heterocycles. The van der Waals surface area contributed by atoms with Crippen LogP contribution in [0.25, 0.3) is 0 Å². The minimum Gasteiger partial charge on any atom is -0.456 e. The van der Waals surface area contributed by atoms with Crippen molar-refractivity contribution in [2.45, 2.75) is 32.2 Å². The van der Waals surface area contributed by atoms with E-state index in [2.05, 4.69) is 17.6 Å². The van der Waals surface area contributed by atoms with Gasteiger partial charge in [-0.3, -0.25) is 4.79 Å². The van der Waals surface area contributed by atoms with Crippen LogP contribution in [0.3, 0.4) is 0 Å². The van der Waals surface area contributed by atoms with Crippen molar-refractivity contribution in [2.75, 3.05) is 13.1 Å². The molecule has 1 aliphatic rings. The number of amides is 1. The van der Waals surface area contributed by atoms with Gasteiger partial charge in [-0.05, 0) is 51.9 Å². The van der Waals surface area contributed by atoms with Crippen molar-refractivity contribution in [3.63, 3.8) is 0 Å². The maximum Gasteiger partial charge on any atom is 0.287 e. The molecule has 2 N–H and O–H groups in total. The lowest BCUT2D eigenvalue weighted by Crippen LogP contribution is -2.52. The van der Waals surface area contributed by atoms with E-state index in [0.29, 0.717) is 5.76 Å². The third-order valence-corrected chi connectivity index (χ3v) is 3.09. The Morgan fingerprint density at radius 3 is 2.69 bits per heavy atom. The molecule has 1 saturated heterocycles. The van der Waals surface area contributed by atoms with E-state index in [-0.39, 0.29) is 11.4 Å². The van der Waals surface area contributed by atoms with Crippen LogP contribution in [0, 0.1) is 6.92 Å². The Morgan fingerprint density at radius 1 is 1.44 bits per heavy atom. The van der Waals surface area contributed by atoms with Crippen LogP contribution >= 0.6 is 0 Å². The molecule has 4 heteroatoms. The van der Waals surface area contributed by atoms with Gasteiger partial charge in [0, 0.05) is 5.54 Å². The Balaban J connectivity index is 2.01. The van der Waals surface area contributed by atoms with Crippen molar-refractivity contribution in [2.24, 2.45) is 0 Å². The number of hydrogen-bond donors (Lipinski definition) is 2. The quantitative estimate of drug-likeness (QED) is 0.796. The lowest BCUT2D eigenvalue weighted by Gasteiger charge is -2.34. The second-order valence-corrected chi connectivity index (χ2v) is 4.68. The van der Waals surface area contributed by atoms with Crippen molar-refractivity contribution < 1.29 is 9.21 Å². The summed E-state index contributed by atoms with van der Waals surface area (Å²) in [6.07, 6.45) is 1.91. The summed E-state index contributed by atoms with van der Waals surface area (Å²) >= 11 is 0. The lowest BCUT2D eigenvalue weighted by atomic mass is 9.90. The minimum atomic E-state index is -0.113. The maximum atomic E-state index is 11.9. The first-order valence-electron chi connectivity index (χ1n) is 5.69. The molecule has 1 amide bonds. The highest BCUT2D eigenvalue weighted by atomic mass is 16.3. The fourth-order valence-electron chi connectivity index (χ4n) is 2.00. The number of carbonyl (C=O) groups excluding carboxylic acids is 1. The fraction of sp³-hybridized carbons (Fsp3) is 0.583. The second kappa shape index (κ2) is 4.29. The van der Waals surface area contributed by atoms with Crippen molar-refractivity contribution in [1.29, 1.82) is 0 Å². The molecule has 0 aromatic carbocycles. The molecule has 0 bridgehead atoms. The molecule has 0 atom stereocenters. The van der Waals surface area contributed by atoms with Crippen LogP contribution in [0.5, 0.6) is 0 Å². The zero-order valence-electron chi connectivity index (χ0n) is 9.80. The number of piperidine rings is 1. The Bertz CT molecular complexity index is 378. The first-order valence-corrected chi connectivity index (χ1v) is 5.69. The fourth-order valence-corrected chi connectivity index (χ4v) is 2.00. The summed E-state index contributed by atoms with van der Waals surface area (Å²) in [7, 11) is 0. The number of aryl methyl sites for hydroxylation is 1. The molecule has 1 aromatic heterocycles. The third-order valence-electron chi connectivity index (χ3n) is 3.09. The van der Waals surface area contributed by atoms with Crippen molar-refractivity contribution in [1.82, 2.24) is 10.6 Å². The van der Waals surface area contributed by atoms with E-state index < -0.39 is 0 Å². The number of nitrogens with one attached hydrogen (secondary N) is 2. The summed E-state index contributed by atoms with van der Waals surface area (Å²) in [6, 6.07) is 3.52. The van der Waals surface area contributed by atoms with Gasteiger partial charge in [0.15, 0.2) is 5.76 Å². The van der Waals surface area contributed by atoms with Crippen LogP contribution in [0.2, 0.25) is 0 Å². The predicted molar refractivity (Wildman–Crippen MR) is 61.4 cm³/mol. The van der Waals surface area contributed by atoms with Crippen LogP contribution in [-0.4, -0.2) is 24.5 Å². The third kappa shape index (κ3) is 2.44. The molecule has 1 aromatic rings. The SMILES string of the molecule is Cc1ccc(C(=O)NC2(C)CCNCC2)o1. The van der Waals surface area contributed by atoms with Gasteiger partial charge < -0.3 is 15.1 Å². The summed E-state index contributed by atoms with van der Waals surface area (Å²) in [5, 5.41) is 6.33. The highest BCUT2D eigenvalue weighted by molar-refractivity contribution is 5.92. The summed E-state index contributed by atoms with van der Waals surface area (Å²) in [4.78, 5) is 11.9. The van der Waals surface area contributed by atoms with Crippen molar-refractivity contribution in [3.8, 4) is 0 Å². The number of hydrogen-bond acceptors (Lipinski definition) is 3. The zero-order valence-corrected chi connectivity index (χ0v) is 9.80. The number of carbonyl (C=O) groups is 1. The summed E-state index contributed by atoms with van der Waals surface area (Å²) in [6.45, 7) is 5.83. The second-order valence-electron chi connectivity index (χ2n) is 4.68. The first kappa shape index (κ1) is 11.2. The van der Waals surface area contributed by atoms with Gasteiger partial charge in [-0.15, -0.1) is 0 Å². The van der Waals surface area contributed by atoms with E-state index in [0.717, 1.165) is 31.7 Å².